The van der Waals surface area contributed by atoms with E-state index in [0.29, 0.717) is 0 Å². The Morgan fingerprint density at radius 3 is 2.00 bits per heavy atom. The number of hydrogen-bond donors (Lipinski definition) is 3. The number of aliphatic hydroxyl groups excluding tert-OH is 1. The molecule has 19 heavy (non-hydrogen) atoms. The summed E-state index contributed by atoms with van der Waals surface area (Å²) in [6.07, 6.45) is 6.53. The lowest BCUT2D eigenvalue weighted by Crippen LogP contribution is -2.59. The highest BCUT2D eigenvalue weighted by atomic mass is 32.2. The molecule has 4 bridgehead atoms. The molecule has 3 N–H and O–H groups in total. The molecule has 1 atom stereocenters. The zero-order valence-electron chi connectivity index (χ0n) is 11.1. The van der Waals surface area contributed by atoms with Crippen LogP contribution in [0.4, 0.5) is 0 Å². The summed E-state index contributed by atoms with van der Waals surface area (Å²) in [6, 6.07) is 0. The standard InChI is InChI=1S/C13H23NO4S/c15-12(8-19(16,17)18)7-14-13-4-9-1-10(5-13)3-11(2-9)6-13/h9-12,14-15H,1-8H2,(H,16,17,18)/t9-,10+,11?,12?,13?. The van der Waals surface area contributed by atoms with E-state index in [0.717, 1.165) is 17.8 Å². The molecule has 0 aromatic rings. The summed E-state index contributed by atoms with van der Waals surface area (Å²) in [5.41, 5.74) is 0.120. The van der Waals surface area contributed by atoms with E-state index in [1.54, 1.807) is 0 Å². The summed E-state index contributed by atoms with van der Waals surface area (Å²) in [5.74, 6) is 1.87. The van der Waals surface area contributed by atoms with Gasteiger partial charge in [0.15, 0.2) is 0 Å². The zero-order chi connectivity index (χ0) is 13.7. The smallest absolute Gasteiger partial charge is 0.267 e. The van der Waals surface area contributed by atoms with Crippen LogP contribution in [0.3, 0.4) is 0 Å². The van der Waals surface area contributed by atoms with Crippen LogP contribution in [0.15, 0.2) is 0 Å². The summed E-state index contributed by atoms with van der Waals surface area (Å²) in [5, 5.41) is 13.1. The molecule has 0 amide bonds. The minimum atomic E-state index is -4.09. The second kappa shape index (κ2) is 4.69. The average molecular weight is 289 g/mol. The molecule has 0 radical (unpaired) electrons. The van der Waals surface area contributed by atoms with E-state index in [-0.39, 0.29) is 12.1 Å². The maximum absolute atomic E-state index is 10.7. The van der Waals surface area contributed by atoms with E-state index in [9.17, 15) is 13.5 Å². The molecule has 0 heterocycles. The fraction of sp³-hybridized carbons (Fsp3) is 1.00. The van der Waals surface area contributed by atoms with E-state index >= 15 is 0 Å². The monoisotopic (exact) mass is 289 g/mol. The summed E-state index contributed by atoms with van der Waals surface area (Å²) >= 11 is 0. The van der Waals surface area contributed by atoms with Gasteiger partial charge in [0.2, 0.25) is 0 Å². The second-order valence-corrected chi connectivity index (χ2v) is 8.48. The predicted molar refractivity (Wildman–Crippen MR) is 71.3 cm³/mol. The molecule has 5 nitrogen and oxygen atoms in total. The summed E-state index contributed by atoms with van der Waals surface area (Å²) in [7, 11) is -4.09. The molecule has 4 rings (SSSR count). The first-order valence-electron chi connectivity index (χ1n) is 7.22. The average Bonchev–Trinajstić information content (AvgIpc) is 2.22. The summed E-state index contributed by atoms with van der Waals surface area (Å²) in [6.45, 7) is 0.256. The van der Waals surface area contributed by atoms with Gasteiger partial charge in [0.1, 0.15) is 5.75 Å². The van der Waals surface area contributed by atoms with Gasteiger partial charge < -0.3 is 10.4 Å². The number of nitrogens with one attached hydrogen (secondary N) is 1. The third-order valence-electron chi connectivity index (χ3n) is 5.15. The first kappa shape index (κ1) is 13.8. The number of hydrogen-bond acceptors (Lipinski definition) is 4. The van der Waals surface area contributed by atoms with Crippen molar-refractivity contribution in [1.82, 2.24) is 5.32 Å². The Bertz CT molecular complexity index is 412. The molecule has 4 fully saturated rings. The van der Waals surface area contributed by atoms with Crippen LogP contribution in [0.5, 0.6) is 0 Å². The van der Waals surface area contributed by atoms with Crippen molar-refractivity contribution in [2.75, 3.05) is 12.3 Å². The predicted octanol–water partition coefficient (Wildman–Crippen LogP) is 0.793. The van der Waals surface area contributed by atoms with Crippen LogP contribution in [0.25, 0.3) is 0 Å². The van der Waals surface area contributed by atoms with E-state index < -0.39 is 22.0 Å². The molecule has 4 aliphatic carbocycles. The minimum Gasteiger partial charge on any atom is -0.391 e. The van der Waals surface area contributed by atoms with Crippen molar-refractivity contribution in [1.29, 1.82) is 0 Å². The molecule has 0 aromatic heterocycles. The van der Waals surface area contributed by atoms with Gasteiger partial charge in [-0.05, 0) is 56.3 Å². The Morgan fingerprint density at radius 2 is 1.58 bits per heavy atom. The van der Waals surface area contributed by atoms with Crippen molar-refractivity contribution >= 4 is 10.1 Å². The number of β-amino-alcohol motifs (C(OH)–C–C–N with tert-alkyl or cyclic N) is 1. The molecule has 6 heteroatoms. The van der Waals surface area contributed by atoms with Gasteiger partial charge in [0, 0.05) is 12.1 Å². The van der Waals surface area contributed by atoms with Crippen LogP contribution >= 0.6 is 0 Å². The molecular weight excluding hydrogens is 266 g/mol. The molecule has 0 spiro atoms. The van der Waals surface area contributed by atoms with Crippen LogP contribution < -0.4 is 5.32 Å². The molecule has 110 valence electrons. The van der Waals surface area contributed by atoms with E-state index in [1.165, 1.54) is 38.5 Å². The maximum Gasteiger partial charge on any atom is 0.267 e. The van der Waals surface area contributed by atoms with Gasteiger partial charge in [0.05, 0.1) is 6.10 Å². The van der Waals surface area contributed by atoms with Gasteiger partial charge in [0.25, 0.3) is 10.1 Å². The van der Waals surface area contributed by atoms with Gasteiger partial charge in [-0.15, -0.1) is 0 Å². The fourth-order valence-corrected chi connectivity index (χ4v) is 5.57. The largest absolute Gasteiger partial charge is 0.391 e. The van der Waals surface area contributed by atoms with Crippen molar-refractivity contribution in [2.45, 2.75) is 50.2 Å². The van der Waals surface area contributed by atoms with Gasteiger partial charge in [-0.1, -0.05) is 0 Å². The Balaban J connectivity index is 1.58. The van der Waals surface area contributed by atoms with Gasteiger partial charge >= 0.3 is 0 Å². The van der Waals surface area contributed by atoms with Crippen LogP contribution in [0.2, 0.25) is 0 Å². The topological polar surface area (TPSA) is 86.6 Å². The van der Waals surface area contributed by atoms with E-state index in [1.807, 2.05) is 0 Å². The Hall–Kier alpha value is -0.170. The third kappa shape index (κ3) is 3.12. The number of aliphatic hydroxyl groups is 1. The fourth-order valence-electron chi connectivity index (χ4n) is 4.96. The van der Waals surface area contributed by atoms with Crippen molar-refractivity contribution in [3.05, 3.63) is 0 Å². The van der Waals surface area contributed by atoms with Crippen molar-refractivity contribution in [3.63, 3.8) is 0 Å². The normalized spacial score (nSPS) is 42.5. The van der Waals surface area contributed by atoms with E-state index in [4.69, 9.17) is 4.55 Å². The molecule has 0 aliphatic heterocycles. The van der Waals surface area contributed by atoms with Crippen LogP contribution in [-0.2, 0) is 10.1 Å². The minimum absolute atomic E-state index is 0.120. The molecule has 4 aliphatic rings. The Labute approximate surface area is 114 Å². The van der Waals surface area contributed by atoms with Crippen LogP contribution in [-0.4, -0.2) is 42.0 Å². The highest BCUT2D eigenvalue weighted by Gasteiger charge is 2.50. The molecule has 0 aromatic carbocycles. The van der Waals surface area contributed by atoms with Crippen molar-refractivity contribution < 1.29 is 18.1 Å². The van der Waals surface area contributed by atoms with Gasteiger partial charge in [-0.25, -0.2) is 0 Å². The lowest BCUT2D eigenvalue weighted by Gasteiger charge is -2.57. The second-order valence-electron chi connectivity index (χ2n) is 6.98. The number of rotatable bonds is 5. The van der Waals surface area contributed by atoms with Crippen molar-refractivity contribution in [3.8, 4) is 0 Å². The quantitative estimate of drug-likeness (QED) is 0.652. The molecule has 1 unspecified atom stereocenters. The first-order valence-corrected chi connectivity index (χ1v) is 8.83. The third-order valence-corrected chi connectivity index (χ3v) is 5.96. The van der Waals surface area contributed by atoms with Gasteiger partial charge in [-0.2, -0.15) is 8.42 Å². The van der Waals surface area contributed by atoms with Gasteiger partial charge in [-0.3, -0.25) is 4.55 Å². The van der Waals surface area contributed by atoms with Crippen LogP contribution in [0, 0.1) is 17.8 Å². The molecule has 4 saturated carbocycles. The molecule has 0 saturated heterocycles. The summed E-state index contributed by atoms with van der Waals surface area (Å²) < 4.78 is 30.2. The summed E-state index contributed by atoms with van der Waals surface area (Å²) in [4.78, 5) is 0. The molecular formula is C13H23NO4S. The van der Waals surface area contributed by atoms with Crippen LogP contribution in [0.1, 0.15) is 38.5 Å². The Morgan fingerprint density at radius 1 is 1.11 bits per heavy atom. The zero-order valence-corrected chi connectivity index (χ0v) is 11.9. The van der Waals surface area contributed by atoms with Crippen molar-refractivity contribution in [2.24, 2.45) is 17.8 Å². The van der Waals surface area contributed by atoms with E-state index in [2.05, 4.69) is 5.32 Å². The maximum atomic E-state index is 10.7. The SMILES string of the molecule is O=S(=O)(O)CC(O)CNC12CC3C[C@H](C1)C[C@@H](C3)C2. The lowest BCUT2D eigenvalue weighted by molar-refractivity contribution is -0.0239. The lowest BCUT2D eigenvalue weighted by atomic mass is 9.53. The first-order chi connectivity index (χ1) is 8.84. The highest BCUT2D eigenvalue weighted by molar-refractivity contribution is 7.85. The highest BCUT2D eigenvalue weighted by Crippen LogP contribution is 2.55. The Kier molecular flexibility index (Phi) is 3.40.